The number of nitrogens with zero attached hydrogens (tertiary/aromatic N) is 1. The van der Waals surface area contributed by atoms with Crippen LogP contribution < -0.4 is 0 Å². The Kier molecular flexibility index (Phi) is 3.61. The Morgan fingerprint density at radius 2 is 2.12 bits per heavy atom. The van der Waals surface area contributed by atoms with E-state index in [2.05, 4.69) is 4.98 Å². The average Bonchev–Trinajstić information content (AvgIpc) is 2.69. The Morgan fingerprint density at radius 3 is 2.76 bits per heavy atom. The zero-order chi connectivity index (χ0) is 12.3. The molecule has 1 heterocycles. The third kappa shape index (κ3) is 2.75. The van der Waals surface area contributed by atoms with E-state index in [1.807, 2.05) is 30.3 Å². The molecule has 1 aromatic carbocycles. The van der Waals surface area contributed by atoms with E-state index >= 15 is 0 Å². The molecule has 88 valence electrons. The molecule has 3 nitrogen and oxygen atoms in total. The molecular formula is C13H12ClNO2. The minimum atomic E-state index is -0.116. The Morgan fingerprint density at radius 1 is 1.35 bits per heavy atom. The summed E-state index contributed by atoms with van der Waals surface area (Å²) in [6.45, 7) is 1.65. The molecule has 1 aromatic heterocycles. The second-order valence-corrected chi connectivity index (χ2v) is 3.98. The first kappa shape index (κ1) is 11.9. The van der Waals surface area contributed by atoms with Gasteiger partial charge in [-0.05, 0) is 24.6 Å². The largest absolute Gasteiger partial charge is 0.442 e. The van der Waals surface area contributed by atoms with Crippen LogP contribution in [-0.2, 0) is 6.61 Å². The first-order chi connectivity index (χ1) is 8.20. The quantitative estimate of drug-likeness (QED) is 0.908. The number of aliphatic hydroxyl groups is 1. The summed E-state index contributed by atoms with van der Waals surface area (Å²) in [6.07, 6.45) is 3.56. The van der Waals surface area contributed by atoms with Gasteiger partial charge in [-0.2, -0.15) is 0 Å². The lowest BCUT2D eigenvalue weighted by Crippen LogP contribution is -1.84. The molecule has 0 radical (unpaired) electrons. The lowest BCUT2D eigenvalue weighted by Gasteiger charge is -1.94. The summed E-state index contributed by atoms with van der Waals surface area (Å²) in [7, 11) is 0. The van der Waals surface area contributed by atoms with Crippen molar-refractivity contribution < 1.29 is 9.52 Å². The van der Waals surface area contributed by atoms with Crippen molar-refractivity contribution in [2.45, 2.75) is 13.5 Å². The minimum absolute atomic E-state index is 0.116. The van der Waals surface area contributed by atoms with Gasteiger partial charge in [-0.3, -0.25) is 0 Å². The molecule has 0 saturated carbocycles. The van der Waals surface area contributed by atoms with Gasteiger partial charge >= 0.3 is 0 Å². The maximum absolute atomic E-state index is 8.99. The van der Waals surface area contributed by atoms with Gasteiger partial charge < -0.3 is 9.52 Å². The van der Waals surface area contributed by atoms with E-state index in [1.54, 1.807) is 13.0 Å². The van der Waals surface area contributed by atoms with Crippen LogP contribution in [0.1, 0.15) is 22.9 Å². The van der Waals surface area contributed by atoms with E-state index in [1.165, 1.54) is 0 Å². The summed E-state index contributed by atoms with van der Waals surface area (Å²) >= 11 is 6.01. The maximum atomic E-state index is 8.99. The second-order valence-electron chi connectivity index (χ2n) is 3.57. The molecule has 0 amide bonds. The van der Waals surface area contributed by atoms with Gasteiger partial charge in [0.15, 0.2) is 0 Å². The molecule has 0 aliphatic rings. The fraction of sp³-hybridized carbons (Fsp3) is 0.154. The summed E-state index contributed by atoms with van der Waals surface area (Å²) in [4.78, 5) is 4.13. The van der Waals surface area contributed by atoms with Crippen LogP contribution >= 0.6 is 11.6 Å². The van der Waals surface area contributed by atoms with Gasteiger partial charge in [-0.1, -0.05) is 29.8 Å². The van der Waals surface area contributed by atoms with E-state index in [0.29, 0.717) is 22.4 Å². The van der Waals surface area contributed by atoms with E-state index in [9.17, 15) is 0 Å². The van der Waals surface area contributed by atoms with Crippen molar-refractivity contribution >= 4 is 23.8 Å². The van der Waals surface area contributed by atoms with Gasteiger partial charge in [0.2, 0.25) is 5.89 Å². The van der Waals surface area contributed by atoms with Crippen molar-refractivity contribution in [1.29, 1.82) is 0 Å². The molecule has 17 heavy (non-hydrogen) atoms. The molecule has 2 aromatic rings. The van der Waals surface area contributed by atoms with Gasteiger partial charge in [0.25, 0.3) is 0 Å². The number of aromatic nitrogens is 1. The molecular weight excluding hydrogens is 238 g/mol. The minimum Gasteiger partial charge on any atom is -0.442 e. The molecule has 0 aliphatic heterocycles. The molecule has 0 unspecified atom stereocenters. The van der Waals surface area contributed by atoms with Crippen LogP contribution in [0, 0.1) is 6.92 Å². The monoisotopic (exact) mass is 249 g/mol. The third-order valence-electron chi connectivity index (χ3n) is 2.37. The van der Waals surface area contributed by atoms with Crippen molar-refractivity contribution in [2.24, 2.45) is 0 Å². The van der Waals surface area contributed by atoms with E-state index < -0.39 is 0 Å². The number of aliphatic hydroxyl groups excluding tert-OH is 1. The van der Waals surface area contributed by atoms with Crippen LogP contribution in [0.3, 0.4) is 0 Å². The predicted octanol–water partition coefficient (Wildman–Crippen LogP) is 3.30. The van der Waals surface area contributed by atoms with E-state index in [0.717, 1.165) is 5.56 Å². The first-order valence-electron chi connectivity index (χ1n) is 5.20. The van der Waals surface area contributed by atoms with Crippen molar-refractivity contribution in [3.8, 4) is 0 Å². The van der Waals surface area contributed by atoms with Crippen LogP contribution in [0.25, 0.3) is 12.2 Å². The summed E-state index contributed by atoms with van der Waals surface area (Å²) in [6, 6.07) is 7.51. The zero-order valence-corrected chi connectivity index (χ0v) is 10.1. The molecule has 0 atom stereocenters. The number of oxazole rings is 1. The predicted molar refractivity (Wildman–Crippen MR) is 67.5 cm³/mol. The first-order valence-corrected chi connectivity index (χ1v) is 5.58. The van der Waals surface area contributed by atoms with Crippen LogP contribution in [0.5, 0.6) is 0 Å². The third-order valence-corrected chi connectivity index (χ3v) is 2.71. The average molecular weight is 250 g/mol. The molecule has 0 bridgehead atoms. The Hall–Kier alpha value is -1.58. The Balaban J connectivity index is 2.23. The van der Waals surface area contributed by atoms with E-state index in [4.69, 9.17) is 21.1 Å². The summed E-state index contributed by atoms with van der Waals surface area (Å²) in [5, 5.41) is 9.67. The Labute approximate surface area is 104 Å². The molecule has 0 spiro atoms. The molecule has 0 aliphatic carbocycles. The standard InChI is InChI=1S/C13H12ClNO2/c1-9-12(8-16)15-13(17-9)7-6-10-4-2-3-5-11(10)14/h2-7,16H,8H2,1H3/b7-6+. The summed E-state index contributed by atoms with van der Waals surface area (Å²) in [5.74, 6) is 1.10. The van der Waals surface area contributed by atoms with Gasteiger partial charge in [0.1, 0.15) is 11.5 Å². The zero-order valence-electron chi connectivity index (χ0n) is 9.35. The summed E-state index contributed by atoms with van der Waals surface area (Å²) in [5.41, 5.74) is 1.46. The second kappa shape index (κ2) is 5.17. The maximum Gasteiger partial charge on any atom is 0.219 e. The van der Waals surface area contributed by atoms with Crippen LogP contribution in [0.2, 0.25) is 5.02 Å². The molecule has 4 heteroatoms. The lowest BCUT2D eigenvalue weighted by atomic mass is 10.2. The number of hydrogen-bond acceptors (Lipinski definition) is 3. The van der Waals surface area contributed by atoms with E-state index in [-0.39, 0.29) is 6.61 Å². The highest BCUT2D eigenvalue weighted by molar-refractivity contribution is 6.32. The summed E-state index contributed by atoms with van der Waals surface area (Å²) < 4.78 is 5.37. The number of halogens is 1. The number of benzene rings is 1. The fourth-order valence-electron chi connectivity index (χ4n) is 1.44. The highest BCUT2D eigenvalue weighted by atomic mass is 35.5. The van der Waals surface area contributed by atoms with Gasteiger partial charge in [0.05, 0.1) is 6.61 Å². The van der Waals surface area contributed by atoms with Gasteiger partial charge in [0, 0.05) is 11.1 Å². The normalized spacial score (nSPS) is 11.2. The Bertz CT molecular complexity index is 546. The highest BCUT2D eigenvalue weighted by Gasteiger charge is 2.05. The van der Waals surface area contributed by atoms with Crippen LogP contribution in [-0.4, -0.2) is 10.1 Å². The van der Waals surface area contributed by atoms with Crippen molar-refractivity contribution in [1.82, 2.24) is 4.98 Å². The number of rotatable bonds is 3. The van der Waals surface area contributed by atoms with Crippen LogP contribution in [0.4, 0.5) is 0 Å². The van der Waals surface area contributed by atoms with Crippen LogP contribution in [0.15, 0.2) is 28.7 Å². The molecule has 2 rings (SSSR count). The molecule has 0 fully saturated rings. The molecule has 0 saturated heterocycles. The molecule has 1 N–H and O–H groups in total. The number of hydrogen-bond donors (Lipinski definition) is 1. The SMILES string of the molecule is Cc1oc(/C=C/c2ccccc2Cl)nc1CO. The smallest absolute Gasteiger partial charge is 0.219 e. The van der Waals surface area contributed by atoms with Crippen molar-refractivity contribution in [3.05, 3.63) is 52.2 Å². The van der Waals surface area contributed by atoms with Gasteiger partial charge in [-0.15, -0.1) is 0 Å². The van der Waals surface area contributed by atoms with Crippen molar-refractivity contribution in [3.63, 3.8) is 0 Å². The van der Waals surface area contributed by atoms with Gasteiger partial charge in [-0.25, -0.2) is 4.98 Å². The highest BCUT2D eigenvalue weighted by Crippen LogP contribution is 2.18. The number of aryl methyl sites for hydroxylation is 1. The van der Waals surface area contributed by atoms with Crippen molar-refractivity contribution in [2.75, 3.05) is 0 Å². The topological polar surface area (TPSA) is 46.3 Å². The lowest BCUT2D eigenvalue weighted by molar-refractivity contribution is 0.275. The fourth-order valence-corrected chi connectivity index (χ4v) is 1.64.